The summed E-state index contributed by atoms with van der Waals surface area (Å²) in [5.41, 5.74) is 1.07. The van der Waals surface area contributed by atoms with E-state index in [1.807, 2.05) is 13.8 Å². The van der Waals surface area contributed by atoms with Crippen molar-refractivity contribution in [2.45, 2.75) is 20.8 Å². The number of urea groups is 1. The molecular formula is C22H19Cl3N2O4. The number of aryl methyl sites for hydroxylation is 1. The molecule has 31 heavy (non-hydrogen) atoms. The van der Waals surface area contributed by atoms with Gasteiger partial charge in [0.05, 0.1) is 22.3 Å². The van der Waals surface area contributed by atoms with E-state index < -0.39 is 17.8 Å². The fourth-order valence-electron chi connectivity index (χ4n) is 2.92. The van der Waals surface area contributed by atoms with Crippen molar-refractivity contribution in [1.29, 1.82) is 0 Å². The molecule has 2 aromatic rings. The van der Waals surface area contributed by atoms with Crippen molar-refractivity contribution in [3.63, 3.8) is 0 Å². The zero-order chi connectivity index (χ0) is 22.9. The minimum absolute atomic E-state index is 0.238. The molecule has 1 heterocycles. The highest BCUT2D eigenvalue weighted by atomic mass is 35.5. The summed E-state index contributed by atoms with van der Waals surface area (Å²) in [4.78, 5) is 38.7. The Labute approximate surface area is 194 Å². The second-order valence-electron chi connectivity index (χ2n) is 7.41. The molecule has 3 rings (SSSR count). The molecule has 6 nitrogen and oxygen atoms in total. The van der Waals surface area contributed by atoms with Crippen LogP contribution in [0.15, 0.2) is 35.9 Å². The molecule has 0 spiro atoms. The lowest BCUT2D eigenvalue weighted by Crippen LogP contribution is -2.54. The lowest BCUT2D eigenvalue weighted by atomic mass is 10.1. The third-order valence-electron chi connectivity index (χ3n) is 4.41. The van der Waals surface area contributed by atoms with E-state index in [1.54, 1.807) is 19.1 Å². The van der Waals surface area contributed by atoms with Gasteiger partial charge in [-0.05, 0) is 54.3 Å². The SMILES string of the molecule is Cc1ccc(Cl)cc1N1C(=O)NC(=O)/C(=C\c2cc(Cl)c(OCC(C)C)c(Cl)c2)C1=O. The lowest BCUT2D eigenvalue weighted by Gasteiger charge is -2.27. The number of hydrogen-bond donors (Lipinski definition) is 1. The van der Waals surface area contributed by atoms with Crippen LogP contribution in [0.25, 0.3) is 6.08 Å². The van der Waals surface area contributed by atoms with Crippen LogP contribution in [-0.2, 0) is 9.59 Å². The quantitative estimate of drug-likeness (QED) is 0.442. The van der Waals surface area contributed by atoms with E-state index in [4.69, 9.17) is 39.5 Å². The van der Waals surface area contributed by atoms with Crippen LogP contribution in [-0.4, -0.2) is 24.5 Å². The van der Waals surface area contributed by atoms with Gasteiger partial charge in [0.15, 0.2) is 5.75 Å². The highest BCUT2D eigenvalue weighted by Crippen LogP contribution is 2.36. The molecule has 1 fully saturated rings. The summed E-state index contributed by atoms with van der Waals surface area (Å²) >= 11 is 18.6. The normalized spacial score (nSPS) is 15.6. The molecule has 162 valence electrons. The molecule has 0 radical (unpaired) electrons. The van der Waals surface area contributed by atoms with E-state index in [0.29, 0.717) is 28.5 Å². The fourth-order valence-corrected chi connectivity index (χ4v) is 3.70. The Bertz CT molecular complexity index is 1090. The van der Waals surface area contributed by atoms with Crippen LogP contribution in [0.4, 0.5) is 10.5 Å². The van der Waals surface area contributed by atoms with Crippen molar-refractivity contribution in [2.75, 3.05) is 11.5 Å². The maximum Gasteiger partial charge on any atom is 0.335 e. The Kier molecular flexibility index (Phi) is 6.94. The van der Waals surface area contributed by atoms with E-state index in [-0.39, 0.29) is 27.2 Å². The predicted molar refractivity (Wildman–Crippen MR) is 122 cm³/mol. The number of nitrogens with zero attached hydrogens (tertiary/aromatic N) is 1. The summed E-state index contributed by atoms with van der Waals surface area (Å²) in [5.74, 6) is -1.01. The molecule has 1 saturated heterocycles. The molecule has 0 aliphatic carbocycles. The molecule has 1 N–H and O–H groups in total. The van der Waals surface area contributed by atoms with Crippen molar-refractivity contribution in [2.24, 2.45) is 5.92 Å². The number of hydrogen-bond acceptors (Lipinski definition) is 4. The molecule has 0 bridgehead atoms. The Morgan fingerprint density at radius 1 is 1.06 bits per heavy atom. The first kappa shape index (κ1) is 23.1. The van der Waals surface area contributed by atoms with Gasteiger partial charge in [0.25, 0.3) is 11.8 Å². The summed E-state index contributed by atoms with van der Waals surface area (Å²) in [6.07, 6.45) is 1.32. The lowest BCUT2D eigenvalue weighted by molar-refractivity contribution is -0.122. The first-order valence-corrected chi connectivity index (χ1v) is 10.5. The van der Waals surface area contributed by atoms with Gasteiger partial charge in [-0.1, -0.05) is 54.7 Å². The molecular weight excluding hydrogens is 463 g/mol. The van der Waals surface area contributed by atoms with Gasteiger partial charge in [0.2, 0.25) is 0 Å². The highest BCUT2D eigenvalue weighted by molar-refractivity contribution is 6.40. The summed E-state index contributed by atoms with van der Waals surface area (Å²) in [5, 5.41) is 3.00. The van der Waals surface area contributed by atoms with Crippen LogP contribution >= 0.6 is 34.8 Å². The van der Waals surface area contributed by atoms with Crippen molar-refractivity contribution in [3.05, 3.63) is 62.1 Å². The Morgan fingerprint density at radius 2 is 1.71 bits per heavy atom. The van der Waals surface area contributed by atoms with Gasteiger partial charge in [-0.15, -0.1) is 0 Å². The summed E-state index contributed by atoms with van der Waals surface area (Å²) in [6, 6.07) is 7.00. The van der Waals surface area contributed by atoms with Crippen molar-refractivity contribution < 1.29 is 19.1 Å². The van der Waals surface area contributed by atoms with Gasteiger partial charge in [0.1, 0.15) is 5.57 Å². The van der Waals surface area contributed by atoms with E-state index in [1.165, 1.54) is 24.3 Å². The van der Waals surface area contributed by atoms with Gasteiger partial charge in [-0.3, -0.25) is 14.9 Å². The van der Waals surface area contributed by atoms with Crippen LogP contribution in [0.3, 0.4) is 0 Å². The van der Waals surface area contributed by atoms with Crippen molar-refractivity contribution in [1.82, 2.24) is 5.32 Å². The third kappa shape index (κ3) is 5.03. The molecule has 2 aromatic carbocycles. The predicted octanol–water partition coefficient (Wildman–Crippen LogP) is 5.66. The van der Waals surface area contributed by atoms with Gasteiger partial charge in [0, 0.05) is 5.02 Å². The number of barbiturate groups is 1. The number of imide groups is 2. The van der Waals surface area contributed by atoms with Gasteiger partial charge in [-0.25, -0.2) is 9.69 Å². The standard InChI is InChI=1S/C22H19Cl3N2O4/c1-11(2)10-31-19-16(24)7-13(8-17(19)25)6-15-20(28)26-22(30)27(21(15)29)18-9-14(23)5-4-12(18)3/h4-9,11H,10H2,1-3H3,(H,26,28,30)/b15-6+. The zero-order valence-corrected chi connectivity index (χ0v) is 19.2. The first-order chi connectivity index (χ1) is 14.6. The number of carbonyl (C=O) groups excluding carboxylic acids is 3. The average Bonchev–Trinajstić information content (AvgIpc) is 2.67. The second kappa shape index (κ2) is 9.30. The van der Waals surface area contributed by atoms with Crippen LogP contribution in [0.5, 0.6) is 5.75 Å². The Balaban J connectivity index is 1.99. The molecule has 1 aliphatic heterocycles. The van der Waals surface area contributed by atoms with Crippen LogP contribution in [0, 0.1) is 12.8 Å². The van der Waals surface area contributed by atoms with E-state index >= 15 is 0 Å². The molecule has 1 aliphatic rings. The van der Waals surface area contributed by atoms with Gasteiger partial charge >= 0.3 is 6.03 Å². The fraction of sp³-hybridized carbons (Fsp3) is 0.227. The number of benzene rings is 2. The minimum Gasteiger partial charge on any atom is -0.490 e. The second-order valence-corrected chi connectivity index (χ2v) is 8.66. The molecule has 4 amide bonds. The third-order valence-corrected chi connectivity index (χ3v) is 5.20. The smallest absolute Gasteiger partial charge is 0.335 e. The Hall–Kier alpha value is -2.54. The zero-order valence-electron chi connectivity index (χ0n) is 17.0. The van der Waals surface area contributed by atoms with Crippen LogP contribution in [0.2, 0.25) is 15.1 Å². The molecule has 0 saturated carbocycles. The summed E-state index contributed by atoms with van der Waals surface area (Å²) in [6.45, 7) is 6.13. The topological polar surface area (TPSA) is 75.7 Å². The van der Waals surface area contributed by atoms with Gasteiger partial charge < -0.3 is 4.74 Å². The van der Waals surface area contributed by atoms with E-state index in [9.17, 15) is 14.4 Å². The maximum absolute atomic E-state index is 13.1. The van der Waals surface area contributed by atoms with Gasteiger partial charge in [-0.2, -0.15) is 0 Å². The summed E-state index contributed by atoms with van der Waals surface area (Å²) < 4.78 is 5.63. The van der Waals surface area contributed by atoms with Crippen LogP contribution in [0.1, 0.15) is 25.0 Å². The number of halogens is 3. The van der Waals surface area contributed by atoms with Crippen LogP contribution < -0.4 is 15.0 Å². The largest absolute Gasteiger partial charge is 0.490 e. The monoisotopic (exact) mass is 480 g/mol. The number of nitrogens with one attached hydrogen (secondary N) is 1. The molecule has 0 unspecified atom stereocenters. The Morgan fingerprint density at radius 3 is 2.32 bits per heavy atom. The number of amides is 4. The number of ether oxygens (including phenoxy) is 1. The van der Waals surface area contributed by atoms with E-state index in [2.05, 4.69) is 5.32 Å². The molecule has 9 heteroatoms. The number of carbonyl (C=O) groups is 3. The summed E-state index contributed by atoms with van der Waals surface area (Å²) in [7, 11) is 0. The molecule has 0 aromatic heterocycles. The average molecular weight is 482 g/mol. The van der Waals surface area contributed by atoms with Crippen molar-refractivity contribution >= 4 is 64.4 Å². The highest BCUT2D eigenvalue weighted by Gasteiger charge is 2.37. The van der Waals surface area contributed by atoms with E-state index in [0.717, 1.165) is 4.90 Å². The van der Waals surface area contributed by atoms with Crippen molar-refractivity contribution in [3.8, 4) is 5.75 Å². The number of anilines is 1. The maximum atomic E-state index is 13.1. The number of rotatable bonds is 5. The molecule has 0 atom stereocenters. The first-order valence-electron chi connectivity index (χ1n) is 9.38. The minimum atomic E-state index is -0.856.